The monoisotopic (exact) mass is 415 g/mol. The molecule has 0 unspecified atom stereocenters. The molecule has 0 saturated carbocycles. The Morgan fingerprint density at radius 2 is 1.96 bits per heavy atom. The number of amides is 2. The van der Waals surface area contributed by atoms with Crippen molar-refractivity contribution >= 4 is 40.0 Å². The third-order valence-electron chi connectivity index (χ3n) is 3.93. The highest BCUT2D eigenvalue weighted by molar-refractivity contribution is 7.99. The van der Waals surface area contributed by atoms with Gasteiger partial charge in [0.05, 0.1) is 23.9 Å². The van der Waals surface area contributed by atoms with E-state index in [0.717, 1.165) is 5.75 Å². The lowest BCUT2D eigenvalue weighted by atomic mass is 10.2. The fourth-order valence-corrected chi connectivity index (χ4v) is 3.93. The first-order valence-electron chi connectivity index (χ1n) is 8.77. The summed E-state index contributed by atoms with van der Waals surface area (Å²) in [6, 6.07) is 9.93. The second-order valence-electron chi connectivity index (χ2n) is 6.18. The smallest absolute Gasteiger partial charge is 0.260 e. The summed E-state index contributed by atoms with van der Waals surface area (Å²) in [5.41, 5.74) is 2.34. The highest BCUT2D eigenvalue weighted by Crippen LogP contribution is 2.19. The maximum Gasteiger partial charge on any atom is 0.260 e. The SMILES string of the molecule is Cc1ccc(SCCNC(=O)Cc2csc(NC(=O)c3ccoc3C)n2)cc1. The molecular formula is C20H21N3O3S2. The van der Waals surface area contributed by atoms with Gasteiger partial charge >= 0.3 is 0 Å². The number of furan rings is 1. The number of aromatic nitrogens is 1. The lowest BCUT2D eigenvalue weighted by molar-refractivity contribution is -0.120. The molecule has 3 rings (SSSR count). The second-order valence-corrected chi connectivity index (χ2v) is 8.20. The summed E-state index contributed by atoms with van der Waals surface area (Å²) in [6.45, 7) is 4.37. The van der Waals surface area contributed by atoms with Gasteiger partial charge in [-0.3, -0.25) is 14.9 Å². The van der Waals surface area contributed by atoms with E-state index in [0.29, 0.717) is 28.7 Å². The lowest BCUT2D eigenvalue weighted by Crippen LogP contribution is -2.27. The Labute approximate surface area is 171 Å². The molecule has 0 atom stereocenters. The van der Waals surface area contributed by atoms with Gasteiger partial charge in [0.15, 0.2) is 5.13 Å². The number of carbonyl (C=O) groups excluding carboxylic acids is 2. The number of nitrogens with one attached hydrogen (secondary N) is 2. The van der Waals surface area contributed by atoms with Crippen molar-refractivity contribution < 1.29 is 14.0 Å². The van der Waals surface area contributed by atoms with Crippen LogP contribution in [0.2, 0.25) is 0 Å². The van der Waals surface area contributed by atoms with Crippen molar-refractivity contribution in [1.29, 1.82) is 0 Å². The number of aryl methyl sites for hydroxylation is 2. The van der Waals surface area contributed by atoms with E-state index in [1.165, 1.54) is 28.1 Å². The third kappa shape index (κ3) is 5.71. The standard InChI is InChI=1S/C20H21N3O3S2/c1-13-3-5-16(6-4-13)27-10-8-21-18(24)11-15-12-28-20(22-15)23-19(25)17-7-9-26-14(17)2/h3-7,9,12H,8,10-11H2,1-2H3,(H,21,24)(H,22,23,25). The minimum atomic E-state index is -0.273. The van der Waals surface area contributed by atoms with Gasteiger partial charge in [-0.1, -0.05) is 17.7 Å². The van der Waals surface area contributed by atoms with Crippen LogP contribution >= 0.6 is 23.1 Å². The van der Waals surface area contributed by atoms with Gasteiger partial charge in [-0.15, -0.1) is 23.1 Å². The molecule has 0 bridgehead atoms. The topological polar surface area (TPSA) is 84.2 Å². The van der Waals surface area contributed by atoms with Crippen LogP contribution in [0.25, 0.3) is 0 Å². The average molecular weight is 416 g/mol. The van der Waals surface area contributed by atoms with E-state index in [-0.39, 0.29) is 18.2 Å². The van der Waals surface area contributed by atoms with Crippen molar-refractivity contribution in [2.45, 2.75) is 25.2 Å². The maximum atomic E-state index is 12.2. The maximum absolute atomic E-state index is 12.2. The predicted octanol–water partition coefficient (Wildman–Crippen LogP) is 4.06. The van der Waals surface area contributed by atoms with Crippen molar-refractivity contribution in [3.63, 3.8) is 0 Å². The second kappa shape index (κ2) is 9.57. The first-order chi connectivity index (χ1) is 13.5. The van der Waals surface area contributed by atoms with Crippen LogP contribution in [-0.2, 0) is 11.2 Å². The number of hydrogen-bond acceptors (Lipinski definition) is 6. The van der Waals surface area contributed by atoms with Crippen LogP contribution in [0.1, 0.15) is 27.4 Å². The van der Waals surface area contributed by atoms with E-state index in [9.17, 15) is 9.59 Å². The van der Waals surface area contributed by atoms with Gasteiger partial charge < -0.3 is 9.73 Å². The zero-order valence-electron chi connectivity index (χ0n) is 15.7. The van der Waals surface area contributed by atoms with Gasteiger partial charge in [0.1, 0.15) is 5.76 Å². The Bertz CT molecular complexity index is 948. The first kappa shape index (κ1) is 20.2. The molecule has 2 aromatic heterocycles. The molecule has 1 aromatic carbocycles. The van der Waals surface area contributed by atoms with Crippen LogP contribution < -0.4 is 10.6 Å². The third-order valence-corrected chi connectivity index (χ3v) is 5.75. The Morgan fingerprint density at radius 1 is 1.18 bits per heavy atom. The highest BCUT2D eigenvalue weighted by atomic mass is 32.2. The number of nitrogens with zero attached hydrogens (tertiary/aromatic N) is 1. The van der Waals surface area contributed by atoms with Crippen molar-refractivity contribution in [2.75, 3.05) is 17.6 Å². The van der Waals surface area contributed by atoms with Gasteiger partial charge in [-0.2, -0.15) is 0 Å². The largest absolute Gasteiger partial charge is 0.469 e. The van der Waals surface area contributed by atoms with E-state index < -0.39 is 0 Å². The molecule has 2 amide bonds. The molecule has 2 heterocycles. The molecule has 28 heavy (non-hydrogen) atoms. The van der Waals surface area contributed by atoms with Crippen molar-refractivity contribution in [2.24, 2.45) is 0 Å². The lowest BCUT2D eigenvalue weighted by Gasteiger charge is -2.05. The van der Waals surface area contributed by atoms with Crippen LogP contribution in [0, 0.1) is 13.8 Å². The molecular weight excluding hydrogens is 394 g/mol. The van der Waals surface area contributed by atoms with Gasteiger partial charge in [0.2, 0.25) is 5.91 Å². The van der Waals surface area contributed by atoms with Crippen LogP contribution in [0.4, 0.5) is 5.13 Å². The fourth-order valence-electron chi connectivity index (χ4n) is 2.45. The number of thioether (sulfide) groups is 1. The van der Waals surface area contributed by atoms with E-state index in [4.69, 9.17) is 4.42 Å². The van der Waals surface area contributed by atoms with Crippen molar-refractivity contribution in [3.05, 3.63) is 64.6 Å². The zero-order valence-corrected chi connectivity index (χ0v) is 17.3. The normalized spacial score (nSPS) is 10.6. The molecule has 0 radical (unpaired) electrons. The summed E-state index contributed by atoms with van der Waals surface area (Å²) in [6.07, 6.45) is 1.66. The van der Waals surface area contributed by atoms with E-state index in [1.807, 2.05) is 0 Å². The van der Waals surface area contributed by atoms with Gasteiger partial charge in [-0.05, 0) is 32.0 Å². The van der Waals surface area contributed by atoms with Crippen LogP contribution in [-0.4, -0.2) is 29.1 Å². The molecule has 146 valence electrons. The van der Waals surface area contributed by atoms with Crippen LogP contribution in [0.15, 0.2) is 51.3 Å². The fraction of sp³-hybridized carbons (Fsp3) is 0.250. The first-order valence-corrected chi connectivity index (χ1v) is 10.6. The molecule has 8 heteroatoms. The summed E-state index contributed by atoms with van der Waals surface area (Å²) in [5.74, 6) is 0.997. The summed E-state index contributed by atoms with van der Waals surface area (Å²) in [7, 11) is 0. The van der Waals surface area contributed by atoms with E-state index >= 15 is 0 Å². The minimum absolute atomic E-state index is 0.0849. The predicted molar refractivity (Wildman–Crippen MR) is 112 cm³/mol. The number of rotatable bonds is 8. The summed E-state index contributed by atoms with van der Waals surface area (Å²) in [5, 5.41) is 7.86. The van der Waals surface area contributed by atoms with Gasteiger partial charge in [0, 0.05) is 22.6 Å². The molecule has 2 N–H and O–H groups in total. The Morgan fingerprint density at radius 3 is 2.68 bits per heavy atom. The molecule has 6 nitrogen and oxygen atoms in total. The number of benzene rings is 1. The molecule has 0 spiro atoms. The van der Waals surface area contributed by atoms with Crippen LogP contribution in [0.5, 0.6) is 0 Å². The zero-order chi connectivity index (χ0) is 19.9. The minimum Gasteiger partial charge on any atom is -0.469 e. The summed E-state index contributed by atoms with van der Waals surface area (Å²) < 4.78 is 5.13. The molecule has 0 fully saturated rings. The summed E-state index contributed by atoms with van der Waals surface area (Å²) >= 11 is 3.00. The molecule has 0 saturated heterocycles. The van der Waals surface area contributed by atoms with E-state index in [1.54, 1.807) is 30.1 Å². The number of anilines is 1. The highest BCUT2D eigenvalue weighted by Gasteiger charge is 2.14. The van der Waals surface area contributed by atoms with Gasteiger partial charge in [0.25, 0.3) is 5.91 Å². The van der Waals surface area contributed by atoms with Crippen molar-refractivity contribution in [3.8, 4) is 0 Å². The molecule has 0 aliphatic rings. The average Bonchev–Trinajstić information content (AvgIpc) is 3.29. The molecule has 3 aromatic rings. The molecule has 0 aliphatic heterocycles. The number of thiazole rings is 1. The summed E-state index contributed by atoms with van der Waals surface area (Å²) in [4.78, 5) is 29.7. The Hall–Kier alpha value is -2.58. The van der Waals surface area contributed by atoms with Crippen molar-refractivity contribution in [1.82, 2.24) is 10.3 Å². The Kier molecular flexibility index (Phi) is 6.89. The van der Waals surface area contributed by atoms with Gasteiger partial charge in [-0.25, -0.2) is 4.98 Å². The number of hydrogen-bond donors (Lipinski definition) is 2. The Balaban J connectivity index is 1.40. The van der Waals surface area contributed by atoms with E-state index in [2.05, 4.69) is 46.8 Å². The number of carbonyl (C=O) groups is 2. The molecule has 0 aliphatic carbocycles. The quantitative estimate of drug-likeness (QED) is 0.428. The van der Waals surface area contributed by atoms with Crippen LogP contribution in [0.3, 0.4) is 0 Å².